The summed E-state index contributed by atoms with van der Waals surface area (Å²) in [6, 6.07) is 12.1. The number of nitrogens with zero attached hydrogens (tertiary/aromatic N) is 1. The van der Waals surface area contributed by atoms with E-state index >= 15 is 0 Å². The lowest BCUT2D eigenvalue weighted by atomic mass is 9.80. The lowest BCUT2D eigenvalue weighted by molar-refractivity contribution is -0.149. The second-order valence-electron chi connectivity index (χ2n) is 5.24. The van der Waals surface area contributed by atoms with Crippen molar-refractivity contribution in [2.24, 2.45) is 0 Å². The van der Waals surface area contributed by atoms with Crippen LogP contribution in [0.5, 0.6) is 5.75 Å². The summed E-state index contributed by atoms with van der Waals surface area (Å²) in [4.78, 5) is 24.3. The van der Waals surface area contributed by atoms with Gasteiger partial charge in [0.15, 0.2) is 0 Å². The SMILES string of the molecule is COc1ccccc1[C@@H]1[C@@H](C(=O)O)c2ccccc2C(=O)N1O. The van der Waals surface area contributed by atoms with Crippen molar-refractivity contribution >= 4 is 11.9 Å². The number of aliphatic carboxylic acids is 1. The summed E-state index contributed by atoms with van der Waals surface area (Å²) >= 11 is 0. The van der Waals surface area contributed by atoms with Crippen LogP contribution in [0.15, 0.2) is 48.5 Å². The maximum Gasteiger partial charge on any atom is 0.313 e. The van der Waals surface area contributed by atoms with Crippen LogP contribution in [-0.4, -0.2) is 34.4 Å². The van der Waals surface area contributed by atoms with Gasteiger partial charge in [-0.3, -0.25) is 14.8 Å². The van der Waals surface area contributed by atoms with Gasteiger partial charge in [0.05, 0.1) is 7.11 Å². The molecule has 3 rings (SSSR count). The highest BCUT2D eigenvalue weighted by atomic mass is 16.5. The zero-order valence-electron chi connectivity index (χ0n) is 12.3. The third-order valence-electron chi connectivity index (χ3n) is 4.04. The first-order valence-corrected chi connectivity index (χ1v) is 7.03. The largest absolute Gasteiger partial charge is 0.496 e. The van der Waals surface area contributed by atoms with Gasteiger partial charge >= 0.3 is 5.97 Å². The molecule has 1 amide bonds. The Morgan fingerprint density at radius 1 is 1.09 bits per heavy atom. The zero-order valence-corrected chi connectivity index (χ0v) is 12.3. The van der Waals surface area contributed by atoms with E-state index in [1.807, 2.05) is 0 Å². The van der Waals surface area contributed by atoms with Gasteiger partial charge in [-0.15, -0.1) is 0 Å². The fourth-order valence-corrected chi connectivity index (χ4v) is 3.01. The molecule has 0 radical (unpaired) electrons. The topological polar surface area (TPSA) is 87.1 Å². The van der Waals surface area contributed by atoms with Crippen LogP contribution in [0.4, 0.5) is 0 Å². The van der Waals surface area contributed by atoms with E-state index in [1.54, 1.807) is 42.5 Å². The van der Waals surface area contributed by atoms with Crippen LogP contribution in [0.3, 0.4) is 0 Å². The van der Waals surface area contributed by atoms with Gasteiger partial charge in [-0.1, -0.05) is 36.4 Å². The van der Waals surface area contributed by atoms with E-state index in [4.69, 9.17) is 4.74 Å². The summed E-state index contributed by atoms with van der Waals surface area (Å²) in [5, 5.41) is 20.5. The number of carboxylic acids is 1. The van der Waals surface area contributed by atoms with E-state index in [1.165, 1.54) is 13.2 Å². The number of carboxylic acid groups (broad SMARTS) is 1. The van der Waals surface area contributed by atoms with Crippen molar-refractivity contribution in [2.75, 3.05) is 7.11 Å². The lowest BCUT2D eigenvalue weighted by Gasteiger charge is -2.37. The summed E-state index contributed by atoms with van der Waals surface area (Å²) in [7, 11) is 1.45. The van der Waals surface area contributed by atoms with Crippen LogP contribution in [-0.2, 0) is 4.79 Å². The summed E-state index contributed by atoms with van der Waals surface area (Å²) in [5.74, 6) is -2.44. The molecule has 6 heteroatoms. The number of carbonyl (C=O) groups is 2. The molecule has 2 aromatic rings. The van der Waals surface area contributed by atoms with E-state index in [0.717, 1.165) is 0 Å². The standard InChI is InChI=1S/C17H15NO5/c1-23-13-9-5-4-8-12(13)15-14(17(20)21)10-6-2-3-7-11(10)16(19)18(15)22/h2-9,14-15,22H,1H3,(H,20,21)/t14-,15+/m0/s1. The molecule has 0 bridgehead atoms. The van der Waals surface area contributed by atoms with E-state index in [0.29, 0.717) is 21.9 Å². The minimum atomic E-state index is -1.13. The van der Waals surface area contributed by atoms with Crippen LogP contribution in [0.25, 0.3) is 0 Å². The number of hydroxylamine groups is 2. The monoisotopic (exact) mass is 313 g/mol. The molecule has 0 fully saturated rings. The zero-order chi connectivity index (χ0) is 16.6. The second kappa shape index (κ2) is 5.73. The Bertz CT molecular complexity index is 773. The normalized spacial score (nSPS) is 20.1. The van der Waals surface area contributed by atoms with Crippen molar-refractivity contribution in [1.82, 2.24) is 5.06 Å². The van der Waals surface area contributed by atoms with E-state index in [-0.39, 0.29) is 5.56 Å². The molecule has 0 aliphatic carbocycles. The molecule has 23 heavy (non-hydrogen) atoms. The number of hydrogen-bond donors (Lipinski definition) is 2. The molecule has 0 spiro atoms. The van der Waals surface area contributed by atoms with E-state index in [2.05, 4.69) is 0 Å². The van der Waals surface area contributed by atoms with Crippen molar-refractivity contribution < 1.29 is 24.6 Å². The number of hydrogen-bond acceptors (Lipinski definition) is 4. The van der Waals surface area contributed by atoms with Gasteiger partial charge in [-0.25, -0.2) is 5.06 Å². The first-order chi connectivity index (χ1) is 11.1. The predicted molar refractivity (Wildman–Crippen MR) is 80.5 cm³/mol. The van der Waals surface area contributed by atoms with Crippen molar-refractivity contribution in [3.8, 4) is 5.75 Å². The van der Waals surface area contributed by atoms with Crippen molar-refractivity contribution in [2.45, 2.75) is 12.0 Å². The molecule has 0 saturated heterocycles. The number of carbonyl (C=O) groups excluding carboxylic acids is 1. The average molecular weight is 313 g/mol. The molecule has 0 unspecified atom stereocenters. The first-order valence-electron chi connectivity index (χ1n) is 7.03. The minimum Gasteiger partial charge on any atom is -0.496 e. The number of benzene rings is 2. The molecule has 2 N–H and O–H groups in total. The molecule has 1 heterocycles. The molecule has 1 aliphatic rings. The third kappa shape index (κ3) is 2.33. The Morgan fingerprint density at radius 2 is 1.70 bits per heavy atom. The van der Waals surface area contributed by atoms with Crippen LogP contribution in [0.1, 0.15) is 33.4 Å². The van der Waals surface area contributed by atoms with E-state index in [9.17, 15) is 19.9 Å². The lowest BCUT2D eigenvalue weighted by Crippen LogP contribution is -2.43. The number of ether oxygens (including phenoxy) is 1. The fraction of sp³-hybridized carbons (Fsp3) is 0.176. The number of amides is 1. The quantitative estimate of drug-likeness (QED) is 0.850. The maximum atomic E-state index is 12.4. The average Bonchev–Trinajstić information content (AvgIpc) is 2.57. The first kappa shape index (κ1) is 15.1. The number of methoxy groups -OCH3 is 1. The Labute approximate surface area is 132 Å². The van der Waals surface area contributed by atoms with Crippen molar-refractivity contribution in [3.63, 3.8) is 0 Å². The smallest absolute Gasteiger partial charge is 0.313 e. The van der Waals surface area contributed by atoms with Crippen LogP contribution in [0, 0.1) is 0 Å². The molecular formula is C17H15NO5. The molecule has 2 atom stereocenters. The summed E-state index contributed by atoms with van der Waals surface area (Å²) in [6.45, 7) is 0. The highest BCUT2D eigenvalue weighted by Crippen LogP contribution is 2.44. The van der Waals surface area contributed by atoms with Crippen molar-refractivity contribution in [3.05, 3.63) is 65.2 Å². The maximum absolute atomic E-state index is 12.4. The molecule has 1 aliphatic heterocycles. The predicted octanol–water partition coefficient (Wildman–Crippen LogP) is 2.45. The van der Waals surface area contributed by atoms with Crippen LogP contribution < -0.4 is 4.74 Å². The Hall–Kier alpha value is -2.86. The molecule has 118 valence electrons. The summed E-state index contributed by atoms with van der Waals surface area (Å²) < 4.78 is 5.26. The van der Waals surface area contributed by atoms with Gasteiger partial charge < -0.3 is 9.84 Å². The fourth-order valence-electron chi connectivity index (χ4n) is 3.01. The molecule has 0 saturated carbocycles. The minimum absolute atomic E-state index is 0.188. The van der Waals surface area contributed by atoms with Gasteiger partial charge in [0.1, 0.15) is 17.7 Å². The van der Waals surface area contributed by atoms with E-state index < -0.39 is 23.8 Å². The second-order valence-corrected chi connectivity index (χ2v) is 5.24. The molecule has 0 aromatic heterocycles. The number of rotatable bonds is 3. The third-order valence-corrected chi connectivity index (χ3v) is 4.04. The Balaban J connectivity index is 2.23. The number of para-hydroxylation sites is 1. The number of fused-ring (bicyclic) bond motifs is 1. The summed E-state index contributed by atoms with van der Waals surface area (Å²) in [5.41, 5.74) is 1.01. The molecular weight excluding hydrogens is 298 g/mol. The Kier molecular flexibility index (Phi) is 3.75. The van der Waals surface area contributed by atoms with Crippen LogP contribution in [0.2, 0.25) is 0 Å². The molecule has 6 nitrogen and oxygen atoms in total. The Morgan fingerprint density at radius 3 is 2.35 bits per heavy atom. The van der Waals surface area contributed by atoms with Gasteiger partial charge in [-0.2, -0.15) is 0 Å². The van der Waals surface area contributed by atoms with Crippen LogP contribution >= 0.6 is 0 Å². The van der Waals surface area contributed by atoms with Gasteiger partial charge in [0, 0.05) is 11.1 Å². The highest BCUT2D eigenvalue weighted by molar-refractivity contribution is 5.99. The summed E-state index contributed by atoms with van der Waals surface area (Å²) in [6.07, 6.45) is 0. The van der Waals surface area contributed by atoms with Gasteiger partial charge in [-0.05, 0) is 17.7 Å². The molecule has 2 aromatic carbocycles. The highest BCUT2D eigenvalue weighted by Gasteiger charge is 2.45. The van der Waals surface area contributed by atoms with Gasteiger partial charge in [0.25, 0.3) is 5.91 Å². The van der Waals surface area contributed by atoms with Crippen molar-refractivity contribution in [1.29, 1.82) is 0 Å². The van der Waals surface area contributed by atoms with Gasteiger partial charge in [0.2, 0.25) is 0 Å².